The fourth-order valence-corrected chi connectivity index (χ4v) is 11.2. The number of fused-ring (bicyclic) bond motifs is 2. The summed E-state index contributed by atoms with van der Waals surface area (Å²) in [7, 11) is 1.52. The summed E-state index contributed by atoms with van der Waals surface area (Å²) < 4.78 is 14.0. The molecular weight excluding hydrogens is 876 g/mol. The summed E-state index contributed by atoms with van der Waals surface area (Å²) >= 11 is 6.62. The molecule has 0 bridgehead atoms. The van der Waals surface area contributed by atoms with Crippen molar-refractivity contribution >= 4 is 69.3 Å². The van der Waals surface area contributed by atoms with E-state index in [1.807, 2.05) is 38.1 Å². The Morgan fingerprint density at radius 3 is 2.46 bits per heavy atom. The molecule has 1 spiro atoms. The van der Waals surface area contributed by atoms with Crippen LogP contribution in [0.15, 0.2) is 53.5 Å². The number of benzene rings is 2. The molecular formula is C49H59ClN10O7. The largest absolute Gasteiger partial charge is 0.478 e. The molecule has 10 rings (SSSR count). The average Bonchev–Trinajstić information content (AvgIpc) is 3.87. The lowest BCUT2D eigenvalue weighted by atomic mass is 9.76. The number of halogens is 1. The molecule has 5 fully saturated rings. The van der Waals surface area contributed by atoms with E-state index in [4.69, 9.17) is 26.1 Å². The zero-order valence-corrected chi connectivity index (χ0v) is 39.1. The first-order chi connectivity index (χ1) is 32.3. The van der Waals surface area contributed by atoms with Gasteiger partial charge in [0.05, 0.1) is 23.9 Å². The zero-order chi connectivity index (χ0) is 46.6. The van der Waals surface area contributed by atoms with Gasteiger partial charge in [-0.25, -0.2) is 4.98 Å². The van der Waals surface area contributed by atoms with Crippen molar-refractivity contribution in [1.29, 1.82) is 0 Å². The van der Waals surface area contributed by atoms with E-state index in [0.717, 1.165) is 92.8 Å². The first-order valence-electron chi connectivity index (χ1n) is 23.8. The monoisotopic (exact) mass is 934 g/mol. The maximum absolute atomic E-state index is 13.3. The molecule has 1 aliphatic carbocycles. The number of amides is 4. The Balaban J connectivity index is 0.679. The van der Waals surface area contributed by atoms with E-state index in [-0.39, 0.29) is 66.2 Å². The molecule has 7 heterocycles. The average molecular weight is 936 g/mol. The standard InChI is InChI=1S/C49H59ClN10O7/c1-29(2)60-39-7-4-32(20-30(39)22-41(47(60)65)66-27-43(62)51-3)53-44-38(50)25-52-48(55-44)57-15-10-35(11-16-57)67-36-23-34(24-36)56-17-12-49(13-18-56)14-19-58(28-49)33-5-6-37-31(21-33)26-59(46(37)64)40-8-9-42(61)54-45(40)63/h4-7,20-22,25,29,34-36,40H,8-19,23-24,26-28H2,1-3H3,(H,51,62)(H,52,53,55)(H,54,61,63)/t34?,36?,40-/m1/s1. The number of likely N-dealkylation sites (N-methyl/N-ethyl adjacent to an activating group) is 1. The molecule has 4 saturated heterocycles. The number of hydrogen-bond acceptors (Lipinski definition) is 13. The van der Waals surface area contributed by atoms with Crippen molar-refractivity contribution in [3.8, 4) is 5.75 Å². The number of piperidine rings is 3. The Labute approximate surface area is 394 Å². The minimum absolute atomic E-state index is 0.0988. The number of ether oxygens (including phenoxy) is 2. The number of anilines is 4. The molecule has 18 heteroatoms. The summed E-state index contributed by atoms with van der Waals surface area (Å²) in [4.78, 5) is 81.0. The second-order valence-electron chi connectivity index (χ2n) is 19.5. The number of pyridine rings is 1. The lowest BCUT2D eigenvalue weighted by Gasteiger charge is -2.49. The highest BCUT2D eigenvalue weighted by Crippen LogP contribution is 2.45. The molecule has 0 unspecified atom stereocenters. The normalized spacial score (nSPS) is 23.2. The van der Waals surface area contributed by atoms with Crippen molar-refractivity contribution < 1.29 is 28.7 Å². The van der Waals surface area contributed by atoms with Gasteiger partial charge in [-0.15, -0.1) is 0 Å². The van der Waals surface area contributed by atoms with Crippen LogP contribution < -0.4 is 36.0 Å². The first kappa shape index (κ1) is 45.0. The summed E-state index contributed by atoms with van der Waals surface area (Å²) in [6.07, 6.45) is 10.2. The lowest BCUT2D eigenvalue weighted by molar-refractivity contribution is -0.137. The maximum atomic E-state index is 13.3. The Hall–Kier alpha value is -5.78. The number of aromatic nitrogens is 3. The number of carbonyl (C=O) groups excluding carboxylic acids is 4. The molecule has 4 amide bonds. The van der Waals surface area contributed by atoms with Gasteiger partial charge in [0.15, 0.2) is 18.2 Å². The Morgan fingerprint density at radius 1 is 0.940 bits per heavy atom. The second kappa shape index (κ2) is 18.4. The van der Waals surface area contributed by atoms with Gasteiger partial charge < -0.3 is 44.3 Å². The van der Waals surface area contributed by atoms with Crippen LogP contribution in [-0.2, 0) is 25.7 Å². The van der Waals surface area contributed by atoms with Crippen molar-refractivity contribution in [3.63, 3.8) is 0 Å². The quantitative estimate of drug-likeness (QED) is 0.159. The van der Waals surface area contributed by atoms with Gasteiger partial charge in [-0.05, 0) is 132 Å². The van der Waals surface area contributed by atoms with Gasteiger partial charge in [-0.1, -0.05) is 11.6 Å². The maximum Gasteiger partial charge on any atom is 0.293 e. The van der Waals surface area contributed by atoms with Crippen LogP contribution in [0.2, 0.25) is 5.02 Å². The van der Waals surface area contributed by atoms with Gasteiger partial charge in [0.25, 0.3) is 17.4 Å². The number of imide groups is 1. The zero-order valence-electron chi connectivity index (χ0n) is 38.4. The number of hydrogen-bond donors (Lipinski definition) is 3. The molecule has 354 valence electrons. The highest BCUT2D eigenvalue weighted by Gasteiger charge is 2.45. The van der Waals surface area contributed by atoms with E-state index < -0.39 is 6.04 Å². The second-order valence-corrected chi connectivity index (χ2v) is 19.9. The summed E-state index contributed by atoms with van der Waals surface area (Å²) in [5.41, 5.74) is 4.23. The molecule has 2 aromatic heterocycles. The van der Waals surface area contributed by atoms with Crippen molar-refractivity contribution in [2.75, 3.05) is 68.0 Å². The van der Waals surface area contributed by atoms with Crippen LogP contribution in [0.25, 0.3) is 10.9 Å². The lowest BCUT2D eigenvalue weighted by Crippen LogP contribution is -2.53. The van der Waals surface area contributed by atoms with Crippen molar-refractivity contribution in [2.45, 2.75) is 109 Å². The predicted molar refractivity (Wildman–Crippen MR) is 254 cm³/mol. The minimum atomic E-state index is -0.601. The van der Waals surface area contributed by atoms with Gasteiger partial charge >= 0.3 is 0 Å². The summed E-state index contributed by atoms with van der Waals surface area (Å²) in [6.45, 7) is 9.79. The van der Waals surface area contributed by atoms with Crippen LogP contribution in [0.5, 0.6) is 5.75 Å². The minimum Gasteiger partial charge on any atom is -0.478 e. The topological polar surface area (TPSA) is 184 Å². The Kier molecular flexibility index (Phi) is 12.3. The van der Waals surface area contributed by atoms with Gasteiger partial charge in [-0.2, -0.15) is 4.98 Å². The molecule has 4 aromatic rings. The third-order valence-electron chi connectivity index (χ3n) is 15.0. The smallest absolute Gasteiger partial charge is 0.293 e. The number of nitrogens with zero attached hydrogens (tertiary/aromatic N) is 7. The van der Waals surface area contributed by atoms with E-state index in [9.17, 15) is 24.0 Å². The van der Waals surface area contributed by atoms with Gasteiger partial charge in [0, 0.05) is 80.6 Å². The molecule has 1 atom stereocenters. The van der Waals surface area contributed by atoms with Gasteiger partial charge in [0.1, 0.15) is 11.1 Å². The fourth-order valence-electron chi connectivity index (χ4n) is 11.1. The Morgan fingerprint density at radius 2 is 1.72 bits per heavy atom. The summed E-state index contributed by atoms with van der Waals surface area (Å²) in [5, 5.41) is 9.40. The van der Waals surface area contributed by atoms with E-state index in [1.54, 1.807) is 21.7 Å². The van der Waals surface area contributed by atoms with E-state index in [1.165, 1.54) is 26.3 Å². The molecule has 0 radical (unpaired) electrons. The van der Waals surface area contributed by atoms with Crippen LogP contribution in [-0.4, -0.2) is 125 Å². The number of rotatable bonds is 12. The van der Waals surface area contributed by atoms with Crippen LogP contribution in [0, 0.1) is 5.41 Å². The molecule has 2 aromatic carbocycles. The number of carbonyl (C=O) groups is 4. The van der Waals surface area contributed by atoms with Crippen LogP contribution in [0.1, 0.15) is 93.6 Å². The number of nitrogens with one attached hydrogen (secondary N) is 3. The first-order valence-corrected chi connectivity index (χ1v) is 24.2. The molecule has 17 nitrogen and oxygen atoms in total. The third kappa shape index (κ3) is 9.05. The predicted octanol–water partition coefficient (Wildman–Crippen LogP) is 5.16. The van der Waals surface area contributed by atoms with Crippen LogP contribution >= 0.6 is 11.6 Å². The SMILES string of the molecule is CNC(=O)COc1cc2cc(Nc3nc(N4CCC(OC5CC(N6CCC7(CCN(c8ccc9c(c8)CN([C@@H]8CCC(=O)NC8=O)C9=O)C7)CC6)C5)CC4)ncc3Cl)ccc2n(C(C)C)c1=O. The van der Waals surface area contributed by atoms with Crippen LogP contribution in [0.4, 0.5) is 23.1 Å². The highest BCUT2D eigenvalue weighted by molar-refractivity contribution is 6.33. The fraction of sp³-hybridized carbons (Fsp3) is 0.531. The van der Waals surface area contributed by atoms with Gasteiger partial charge in [-0.3, -0.25) is 29.3 Å². The molecule has 5 aliphatic heterocycles. The highest BCUT2D eigenvalue weighted by atomic mass is 35.5. The third-order valence-corrected chi connectivity index (χ3v) is 15.3. The number of likely N-dealkylation sites (tertiary alicyclic amines) is 1. The van der Waals surface area contributed by atoms with Crippen molar-refractivity contribution in [2.24, 2.45) is 5.41 Å². The molecule has 1 saturated carbocycles. The van der Waals surface area contributed by atoms with E-state index in [0.29, 0.717) is 46.8 Å². The molecule has 67 heavy (non-hydrogen) atoms. The van der Waals surface area contributed by atoms with Crippen LogP contribution in [0.3, 0.4) is 0 Å². The van der Waals surface area contributed by atoms with Crippen molar-refractivity contribution in [1.82, 2.24) is 35.0 Å². The van der Waals surface area contributed by atoms with E-state index in [2.05, 4.69) is 47.8 Å². The Bertz CT molecular complexity index is 2650. The molecule has 3 N–H and O–H groups in total. The summed E-state index contributed by atoms with van der Waals surface area (Å²) in [5.74, 6) is 0.0655. The molecule has 6 aliphatic rings. The summed E-state index contributed by atoms with van der Waals surface area (Å²) in [6, 6.07) is 13.3. The van der Waals surface area contributed by atoms with E-state index >= 15 is 0 Å². The van der Waals surface area contributed by atoms with Crippen molar-refractivity contribution in [3.05, 3.63) is 75.2 Å². The van der Waals surface area contributed by atoms with Gasteiger partial charge in [0.2, 0.25) is 17.8 Å².